The number of fused-ring (bicyclic) bond motifs is 2. The molecule has 0 bridgehead atoms. The van der Waals surface area contributed by atoms with Gasteiger partial charge in [-0.3, -0.25) is 9.59 Å². The summed E-state index contributed by atoms with van der Waals surface area (Å²) in [7, 11) is 0. The molecule has 0 radical (unpaired) electrons. The minimum Gasteiger partial charge on any atom is -0.371 e. The fourth-order valence-electron chi connectivity index (χ4n) is 4.03. The van der Waals surface area contributed by atoms with E-state index in [0.29, 0.717) is 18.5 Å². The summed E-state index contributed by atoms with van der Waals surface area (Å²) in [5.41, 5.74) is 4.35. The lowest BCUT2D eigenvalue weighted by Gasteiger charge is -2.31. The molecule has 1 unspecified atom stereocenters. The Hall–Kier alpha value is -2.82. The highest BCUT2D eigenvalue weighted by molar-refractivity contribution is 6.00. The second-order valence-corrected chi connectivity index (χ2v) is 7.25. The van der Waals surface area contributed by atoms with Crippen LogP contribution in [0, 0.1) is 0 Å². The summed E-state index contributed by atoms with van der Waals surface area (Å²) < 4.78 is 0. The van der Waals surface area contributed by atoms with E-state index in [0.717, 1.165) is 31.5 Å². The Balaban J connectivity index is 1.27. The highest BCUT2D eigenvalue weighted by Gasteiger charge is 2.28. The van der Waals surface area contributed by atoms with E-state index in [1.165, 1.54) is 17.7 Å². The van der Waals surface area contributed by atoms with Crippen LogP contribution in [0.2, 0.25) is 0 Å². The molecule has 0 aliphatic carbocycles. The Kier molecular flexibility index (Phi) is 5.10. The molecule has 5 nitrogen and oxygen atoms in total. The van der Waals surface area contributed by atoms with Crippen LogP contribution in [0.3, 0.4) is 0 Å². The van der Waals surface area contributed by atoms with Gasteiger partial charge in [0.25, 0.3) is 5.91 Å². The van der Waals surface area contributed by atoms with Gasteiger partial charge in [-0.1, -0.05) is 36.4 Å². The lowest BCUT2D eigenvalue weighted by molar-refractivity contribution is -0.123. The normalized spacial score (nSPS) is 18.3. The zero-order valence-electron chi connectivity index (χ0n) is 15.4. The monoisotopic (exact) mass is 363 g/mol. The van der Waals surface area contributed by atoms with Crippen molar-refractivity contribution >= 4 is 17.5 Å². The summed E-state index contributed by atoms with van der Waals surface area (Å²) in [6.45, 7) is 2.61. The van der Waals surface area contributed by atoms with Crippen LogP contribution in [-0.2, 0) is 17.6 Å². The van der Waals surface area contributed by atoms with Gasteiger partial charge in [-0.25, -0.2) is 0 Å². The van der Waals surface area contributed by atoms with E-state index in [2.05, 4.69) is 39.8 Å². The third-order valence-corrected chi connectivity index (χ3v) is 5.42. The number of hydrogen-bond donors (Lipinski definition) is 2. The molecule has 1 atom stereocenters. The Morgan fingerprint density at radius 1 is 1.11 bits per heavy atom. The number of carbonyl (C=O) groups is 2. The van der Waals surface area contributed by atoms with Crippen LogP contribution in [0.5, 0.6) is 0 Å². The molecule has 0 spiro atoms. The van der Waals surface area contributed by atoms with Crippen LogP contribution in [0.15, 0.2) is 48.5 Å². The zero-order chi connectivity index (χ0) is 18.6. The van der Waals surface area contributed by atoms with Gasteiger partial charge in [0.1, 0.15) is 6.04 Å². The van der Waals surface area contributed by atoms with Crippen molar-refractivity contribution in [3.63, 3.8) is 0 Å². The van der Waals surface area contributed by atoms with Gasteiger partial charge in [0.2, 0.25) is 5.91 Å². The molecule has 5 heteroatoms. The number of hydrogen-bond acceptors (Lipinski definition) is 3. The Morgan fingerprint density at radius 2 is 1.89 bits per heavy atom. The van der Waals surface area contributed by atoms with Gasteiger partial charge in [0.15, 0.2) is 0 Å². The molecule has 0 fully saturated rings. The molecule has 2 aromatic carbocycles. The van der Waals surface area contributed by atoms with Crippen LogP contribution < -0.4 is 15.5 Å². The van der Waals surface area contributed by atoms with E-state index in [9.17, 15) is 9.59 Å². The second kappa shape index (κ2) is 7.82. The molecule has 0 saturated heterocycles. The maximum atomic E-state index is 12.5. The summed E-state index contributed by atoms with van der Waals surface area (Å²) in [5.74, 6) is -0.265. The summed E-state index contributed by atoms with van der Waals surface area (Å²) in [4.78, 5) is 27.0. The third kappa shape index (κ3) is 3.82. The number of anilines is 1. The van der Waals surface area contributed by atoms with Crippen molar-refractivity contribution in [2.75, 3.05) is 24.5 Å². The molecule has 2 amide bonds. The Bertz CT molecular complexity index is 849. The fraction of sp³-hybridized carbons (Fsp3) is 0.364. The summed E-state index contributed by atoms with van der Waals surface area (Å²) in [6, 6.07) is 15.6. The standard InChI is InChI=1S/C22H25N3O2/c26-21-18-10-3-1-8-17(18)15-19(24-21)22(27)23-12-6-14-25-13-5-9-16-7-2-4-11-20(16)25/h1-4,7-8,10-11,19H,5-6,9,12-15H2,(H,23,27)(H,24,26). The summed E-state index contributed by atoms with van der Waals surface area (Å²) >= 11 is 0. The highest BCUT2D eigenvalue weighted by Crippen LogP contribution is 2.26. The van der Waals surface area contributed by atoms with Crippen LogP contribution >= 0.6 is 0 Å². The SMILES string of the molecule is O=C1NC(C(=O)NCCCN2CCCc3ccccc32)Cc2ccccc21. The van der Waals surface area contributed by atoms with E-state index in [1.807, 2.05) is 18.2 Å². The van der Waals surface area contributed by atoms with Gasteiger partial charge in [-0.15, -0.1) is 0 Å². The molecule has 4 rings (SSSR count). The van der Waals surface area contributed by atoms with Gasteiger partial charge in [0.05, 0.1) is 0 Å². The van der Waals surface area contributed by atoms with Crippen LogP contribution in [0.1, 0.15) is 34.3 Å². The van der Waals surface area contributed by atoms with Crippen LogP contribution in [-0.4, -0.2) is 37.5 Å². The molecule has 0 saturated carbocycles. The van der Waals surface area contributed by atoms with E-state index < -0.39 is 6.04 Å². The van der Waals surface area contributed by atoms with Gasteiger partial charge < -0.3 is 15.5 Å². The van der Waals surface area contributed by atoms with E-state index in [4.69, 9.17) is 0 Å². The number of para-hydroxylation sites is 1. The number of carbonyl (C=O) groups excluding carboxylic acids is 2. The number of nitrogens with one attached hydrogen (secondary N) is 2. The van der Waals surface area contributed by atoms with Crippen LogP contribution in [0.25, 0.3) is 0 Å². The van der Waals surface area contributed by atoms with Crippen molar-refractivity contribution in [1.82, 2.24) is 10.6 Å². The zero-order valence-corrected chi connectivity index (χ0v) is 15.4. The largest absolute Gasteiger partial charge is 0.371 e. The van der Waals surface area contributed by atoms with E-state index in [-0.39, 0.29) is 11.8 Å². The van der Waals surface area contributed by atoms with Crippen molar-refractivity contribution in [2.24, 2.45) is 0 Å². The molecule has 140 valence electrons. The second-order valence-electron chi connectivity index (χ2n) is 7.25. The van der Waals surface area contributed by atoms with Gasteiger partial charge in [-0.2, -0.15) is 0 Å². The number of rotatable bonds is 5. The molecular formula is C22H25N3O2. The molecule has 27 heavy (non-hydrogen) atoms. The highest BCUT2D eigenvalue weighted by atomic mass is 16.2. The summed E-state index contributed by atoms with van der Waals surface area (Å²) in [6.07, 6.45) is 3.76. The predicted octanol–water partition coefficient (Wildman–Crippen LogP) is 2.30. The maximum Gasteiger partial charge on any atom is 0.252 e. The van der Waals surface area contributed by atoms with Crippen molar-refractivity contribution in [1.29, 1.82) is 0 Å². The lowest BCUT2D eigenvalue weighted by Crippen LogP contribution is -2.51. The van der Waals surface area contributed by atoms with Crippen molar-refractivity contribution in [2.45, 2.75) is 31.7 Å². The first-order chi connectivity index (χ1) is 13.2. The predicted molar refractivity (Wildman–Crippen MR) is 106 cm³/mol. The minimum absolute atomic E-state index is 0.100. The van der Waals surface area contributed by atoms with Crippen molar-refractivity contribution < 1.29 is 9.59 Å². The smallest absolute Gasteiger partial charge is 0.252 e. The number of amides is 2. The van der Waals surface area contributed by atoms with E-state index >= 15 is 0 Å². The minimum atomic E-state index is -0.483. The lowest BCUT2D eigenvalue weighted by atomic mass is 9.95. The van der Waals surface area contributed by atoms with Crippen molar-refractivity contribution in [3.8, 4) is 0 Å². The molecule has 2 aliphatic rings. The molecule has 0 aromatic heterocycles. The van der Waals surface area contributed by atoms with Crippen molar-refractivity contribution in [3.05, 3.63) is 65.2 Å². The maximum absolute atomic E-state index is 12.5. The quantitative estimate of drug-likeness (QED) is 0.802. The third-order valence-electron chi connectivity index (χ3n) is 5.42. The van der Waals surface area contributed by atoms with E-state index in [1.54, 1.807) is 6.07 Å². The average Bonchev–Trinajstić information content (AvgIpc) is 2.71. The number of nitrogens with zero attached hydrogens (tertiary/aromatic N) is 1. The summed E-state index contributed by atoms with van der Waals surface area (Å²) in [5, 5.41) is 5.80. The Labute approximate surface area is 159 Å². The molecule has 2 aliphatic heterocycles. The molecule has 2 N–H and O–H groups in total. The average molecular weight is 363 g/mol. The molecule has 2 heterocycles. The number of benzene rings is 2. The Morgan fingerprint density at radius 3 is 2.78 bits per heavy atom. The number of aryl methyl sites for hydroxylation is 1. The molecular weight excluding hydrogens is 338 g/mol. The fourth-order valence-corrected chi connectivity index (χ4v) is 4.03. The first-order valence-electron chi connectivity index (χ1n) is 9.72. The van der Waals surface area contributed by atoms with Gasteiger partial charge in [0, 0.05) is 37.3 Å². The molecule has 2 aromatic rings. The topological polar surface area (TPSA) is 61.4 Å². The first kappa shape index (κ1) is 17.6. The van der Waals surface area contributed by atoms with Crippen LogP contribution in [0.4, 0.5) is 5.69 Å². The van der Waals surface area contributed by atoms with Gasteiger partial charge in [-0.05, 0) is 42.5 Å². The first-order valence-corrected chi connectivity index (χ1v) is 9.72. The van der Waals surface area contributed by atoms with Gasteiger partial charge >= 0.3 is 0 Å².